The number of benzene rings is 1. The summed E-state index contributed by atoms with van der Waals surface area (Å²) in [6.45, 7) is 3.81. The zero-order valence-corrected chi connectivity index (χ0v) is 11.9. The molecule has 0 aromatic heterocycles. The Morgan fingerprint density at radius 2 is 2.20 bits per heavy atom. The Morgan fingerprint density at radius 3 is 2.85 bits per heavy atom. The van der Waals surface area contributed by atoms with Gasteiger partial charge in [-0.2, -0.15) is 0 Å². The molecule has 1 aromatic rings. The molecule has 0 bridgehead atoms. The van der Waals surface area contributed by atoms with Crippen molar-refractivity contribution in [3.63, 3.8) is 0 Å². The molecule has 0 aliphatic carbocycles. The Labute approximate surface area is 119 Å². The third kappa shape index (κ3) is 5.21. The van der Waals surface area contributed by atoms with Crippen molar-refractivity contribution in [3.8, 4) is 23.8 Å². The number of carbonyl (C=O) groups is 1. The summed E-state index contributed by atoms with van der Waals surface area (Å²) < 4.78 is 10.7. The van der Waals surface area contributed by atoms with Gasteiger partial charge in [0.15, 0.2) is 18.1 Å². The van der Waals surface area contributed by atoms with Crippen molar-refractivity contribution in [2.24, 2.45) is 0 Å². The summed E-state index contributed by atoms with van der Waals surface area (Å²) in [6.07, 6.45) is 5.05. The van der Waals surface area contributed by atoms with Gasteiger partial charge in [-0.05, 0) is 24.2 Å². The Hall–Kier alpha value is -2.19. The van der Waals surface area contributed by atoms with Crippen molar-refractivity contribution in [2.75, 3.05) is 26.8 Å². The SMILES string of the molecule is C#CCNC(=O)COc1ccc(CNCC)cc1OC. The molecule has 0 radical (unpaired) electrons. The molecule has 5 nitrogen and oxygen atoms in total. The van der Waals surface area contributed by atoms with Crippen LogP contribution in [-0.2, 0) is 11.3 Å². The predicted molar refractivity (Wildman–Crippen MR) is 77.7 cm³/mol. The van der Waals surface area contributed by atoms with Crippen LogP contribution in [0.2, 0.25) is 0 Å². The van der Waals surface area contributed by atoms with E-state index < -0.39 is 0 Å². The Morgan fingerprint density at radius 1 is 1.40 bits per heavy atom. The Balaban J connectivity index is 2.61. The minimum atomic E-state index is -0.262. The van der Waals surface area contributed by atoms with Crippen LogP contribution in [0.4, 0.5) is 0 Å². The lowest BCUT2D eigenvalue weighted by Crippen LogP contribution is -2.29. The van der Waals surface area contributed by atoms with Crippen molar-refractivity contribution in [2.45, 2.75) is 13.5 Å². The van der Waals surface area contributed by atoms with Gasteiger partial charge in [0.2, 0.25) is 0 Å². The molecule has 1 rings (SSSR count). The average molecular weight is 276 g/mol. The molecule has 20 heavy (non-hydrogen) atoms. The third-order valence-electron chi connectivity index (χ3n) is 2.55. The quantitative estimate of drug-likeness (QED) is 0.694. The summed E-state index contributed by atoms with van der Waals surface area (Å²) in [6, 6.07) is 5.61. The maximum atomic E-state index is 11.4. The van der Waals surface area contributed by atoms with E-state index in [4.69, 9.17) is 15.9 Å². The van der Waals surface area contributed by atoms with Crippen LogP contribution in [0, 0.1) is 12.3 Å². The zero-order valence-electron chi connectivity index (χ0n) is 11.9. The van der Waals surface area contributed by atoms with Crippen LogP contribution >= 0.6 is 0 Å². The highest BCUT2D eigenvalue weighted by atomic mass is 16.5. The van der Waals surface area contributed by atoms with Crippen molar-refractivity contribution in [3.05, 3.63) is 23.8 Å². The summed E-state index contributed by atoms with van der Waals surface area (Å²) in [5.74, 6) is 3.20. The molecular formula is C15H20N2O3. The topological polar surface area (TPSA) is 59.6 Å². The first kappa shape index (κ1) is 15.9. The molecule has 108 valence electrons. The zero-order chi connectivity index (χ0) is 14.8. The molecule has 0 atom stereocenters. The molecule has 0 spiro atoms. The number of amides is 1. The fourth-order valence-corrected chi connectivity index (χ4v) is 1.55. The summed E-state index contributed by atoms with van der Waals surface area (Å²) in [7, 11) is 1.57. The van der Waals surface area contributed by atoms with E-state index in [-0.39, 0.29) is 19.1 Å². The second kappa shape index (κ2) is 8.83. The Kier molecular flexibility index (Phi) is 7.01. The lowest BCUT2D eigenvalue weighted by Gasteiger charge is -2.12. The molecule has 1 aromatic carbocycles. The van der Waals surface area contributed by atoms with Gasteiger partial charge in [0, 0.05) is 6.54 Å². The Bertz CT molecular complexity index is 480. The number of methoxy groups -OCH3 is 1. The van der Waals surface area contributed by atoms with Crippen LogP contribution in [0.1, 0.15) is 12.5 Å². The van der Waals surface area contributed by atoms with Gasteiger partial charge in [-0.25, -0.2) is 0 Å². The number of carbonyl (C=O) groups excluding carboxylic acids is 1. The van der Waals surface area contributed by atoms with E-state index in [1.165, 1.54) is 0 Å². The normalized spacial score (nSPS) is 9.65. The van der Waals surface area contributed by atoms with E-state index >= 15 is 0 Å². The van der Waals surface area contributed by atoms with E-state index in [2.05, 4.69) is 16.6 Å². The highest BCUT2D eigenvalue weighted by Gasteiger charge is 2.08. The van der Waals surface area contributed by atoms with Gasteiger partial charge < -0.3 is 20.1 Å². The minimum absolute atomic E-state index is 0.0927. The second-order valence-electron chi connectivity index (χ2n) is 4.04. The van der Waals surface area contributed by atoms with Crippen molar-refractivity contribution < 1.29 is 14.3 Å². The molecule has 0 fully saturated rings. The molecule has 2 N–H and O–H groups in total. The molecule has 0 aliphatic heterocycles. The van der Waals surface area contributed by atoms with Gasteiger partial charge in [0.1, 0.15) is 0 Å². The number of ether oxygens (including phenoxy) is 2. The number of hydrogen-bond donors (Lipinski definition) is 2. The number of terminal acetylenes is 1. The van der Waals surface area contributed by atoms with Crippen LogP contribution in [-0.4, -0.2) is 32.7 Å². The average Bonchev–Trinajstić information content (AvgIpc) is 2.48. The first-order valence-electron chi connectivity index (χ1n) is 6.41. The summed E-state index contributed by atoms with van der Waals surface area (Å²) in [4.78, 5) is 11.4. The molecule has 0 aliphatic rings. The first-order chi connectivity index (χ1) is 9.71. The smallest absolute Gasteiger partial charge is 0.258 e. The minimum Gasteiger partial charge on any atom is -0.493 e. The van der Waals surface area contributed by atoms with E-state index in [0.29, 0.717) is 11.5 Å². The molecule has 5 heteroatoms. The summed E-state index contributed by atoms with van der Waals surface area (Å²) in [5.41, 5.74) is 1.09. The van der Waals surface area contributed by atoms with E-state index in [0.717, 1.165) is 18.7 Å². The predicted octanol–water partition coefficient (Wildman–Crippen LogP) is 0.933. The van der Waals surface area contributed by atoms with E-state index in [9.17, 15) is 4.79 Å². The first-order valence-corrected chi connectivity index (χ1v) is 6.41. The van der Waals surface area contributed by atoms with Crippen LogP contribution in [0.15, 0.2) is 18.2 Å². The van der Waals surface area contributed by atoms with E-state index in [1.54, 1.807) is 13.2 Å². The molecule has 1 amide bonds. The number of hydrogen-bond acceptors (Lipinski definition) is 4. The summed E-state index contributed by atoms with van der Waals surface area (Å²) >= 11 is 0. The van der Waals surface area contributed by atoms with Gasteiger partial charge >= 0.3 is 0 Å². The monoisotopic (exact) mass is 276 g/mol. The largest absolute Gasteiger partial charge is 0.493 e. The van der Waals surface area contributed by atoms with Gasteiger partial charge in [0.05, 0.1) is 13.7 Å². The number of nitrogens with one attached hydrogen (secondary N) is 2. The van der Waals surface area contributed by atoms with Gasteiger partial charge in [-0.3, -0.25) is 4.79 Å². The molecule has 0 heterocycles. The van der Waals surface area contributed by atoms with Crippen LogP contribution in [0.5, 0.6) is 11.5 Å². The molecule has 0 saturated heterocycles. The lowest BCUT2D eigenvalue weighted by atomic mass is 10.2. The third-order valence-corrected chi connectivity index (χ3v) is 2.55. The molecule has 0 unspecified atom stereocenters. The molecule has 0 saturated carbocycles. The van der Waals surface area contributed by atoms with E-state index in [1.807, 2.05) is 19.1 Å². The van der Waals surface area contributed by atoms with Gasteiger partial charge in [-0.15, -0.1) is 6.42 Å². The second-order valence-corrected chi connectivity index (χ2v) is 4.04. The highest BCUT2D eigenvalue weighted by Crippen LogP contribution is 2.27. The fraction of sp³-hybridized carbons (Fsp3) is 0.400. The highest BCUT2D eigenvalue weighted by molar-refractivity contribution is 5.77. The van der Waals surface area contributed by atoms with Crippen LogP contribution in [0.3, 0.4) is 0 Å². The maximum absolute atomic E-state index is 11.4. The van der Waals surface area contributed by atoms with Gasteiger partial charge in [0.25, 0.3) is 5.91 Å². The molecular weight excluding hydrogens is 256 g/mol. The van der Waals surface area contributed by atoms with Crippen molar-refractivity contribution in [1.82, 2.24) is 10.6 Å². The van der Waals surface area contributed by atoms with Crippen LogP contribution in [0.25, 0.3) is 0 Å². The fourth-order valence-electron chi connectivity index (χ4n) is 1.55. The lowest BCUT2D eigenvalue weighted by molar-refractivity contribution is -0.122. The van der Waals surface area contributed by atoms with Gasteiger partial charge in [-0.1, -0.05) is 18.9 Å². The standard InChI is InChI=1S/C15H20N2O3/c1-4-8-17-15(18)11-20-13-7-6-12(10-16-5-2)9-14(13)19-3/h1,6-7,9,16H,5,8,10-11H2,2-3H3,(H,17,18). The maximum Gasteiger partial charge on any atom is 0.258 e. The van der Waals surface area contributed by atoms with Crippen LogP contribution < -0.4 is 20.1 Å². The van der Waals surface area contributed by atoms with Crippen molar-refractivity contribution >= 4 is 5.91 Å². The number of rotatable bonds is 8. The summed E-state index contributed by atoms with van der Waals surface area (Å²) in [5, 5.41) is 5.76. The van der Waals surface area contributed by atoms with Crippen molar-refractivity contribution in [1.29, 1.82) is 0 Å².